The monoisotopic (exact) mass is 279 g/mol. The maximum Gasteiger partial charge on any atom is 0.162 e. The average molecular weight is 279 g/mol. The summed E-state index contributed by atoms with van der Waals surface area (Å²) in [6.07, 6.45) is 2.93. The molecule has 21 heavy (non-hydrogen) atoms. The van der Waals surface area contributed by atoms with Crippen molar-refractivity contribution in [1.82, 2.24) is 24.7 Å². The zero-order valence-corrected chi connectivity index (χ0v) is 11.4. The molecule has 0 saturated carbocycles. The van der Waals surface area contributed by atoms with Crippen molar-refractivity contribution in [2.45, 2.75) is 13.0 Å². The van der Waals surface area contributed by atoms with Gasteiger partial charge in [-0.3, -0.25) is 0 Å². The van der Waals surface area contributed by atoms with Gasteiger partial charge in [-0.2, -0.15) is 5.10 Å². The minimum absolute atomic E-state index is 0.561. The molecule has 0 fully saturated rings. The number of rotatable bonds is 2. The predicted octanol–water partition coefficient (Wildman–Crippen LogP) is 2.35. The first-order valence-corrected chi connectivity index (χ1v) is 6.69. The van der Waals surface area contributed by atoms with E-state index in [0.29, 0.717) is 5.82 Å². The second kappa shape index (κ2) is 4.39. The minimum Gasteiger partial charge on any atom is -0.385 e. The van der Waals surface area contributed by atoms with E-state index in [0.717, 1.165) is 27.8 Å². The largest absolute Gasteiger partial charge is 0.385 e. The topological polar surface area (TPSA) is 79.6 Å². The van der Waals surface area contributed by atoms with Gasteiger partial charge in [0.15, 0.2) is 5.65 Å². The Balaban J connectivity index is 1.90. The predicted molar refractivity (Wildman–Crippen MR) is 79.2 cm³/mol. The number of imidazole rings is 1. The lowest BCUT2D eigenvalue weighted by molar-refractivity contribution is 0.190. The van der Waals surface area contributed by atoms with Crippen LogP contribution in [0.25, 0.3) is 27.8 Å². The second-order valence-corrected chi connectivity index (χ2v) is 4.97. The SMILES string of the molecule is C[C@H](O)c1nc2ccc(-n3ncc4cccnc43)cc2[nH]1. The van der Waals surface area contributed by atoms with Crippen LogP contribution in [-0.2, 0) is 0 Å². The van der Waals surface area contributed by atoms with Gasteiger partial charge in [-0.15, -0.1) is 0 Å². The quantitative estimate of drug-likeness (QED) is 0.590. The van der Waals surface area contributed by atoms with Crippen LogP contribution in [0.5, 0.6) is 0 Å². The number of aliphatic hydroxyl groups excluding tert-OH is 1. The lowest BCUT2D eigenvalue weighted by Crippen LogP contribution is -1.97. The maximum atomic E-state index is 9.60. The Hall–Kier alpha value is -2.73. The zero-order chi connectivity index (χ0) is 14.4. The summed E-state index contributed by atoms with van der Waals surface area (Å²) in [6.45, 7) is 1.68. The van der Waals surface area contributed by atoms with E-state index in [-0.39, 0.29) is 0 Å². The molecule has 0 saturated heterocycles. The van der Waals surface area contributed by atoms with Gasteiger partial charge in [0, 0.05) is 11.6 Å². The fraction of sp³-hybridized carbons (Fsp3) is 0.133. The number of hydrogen-bond acceptors (Lipinski definition) is 4. The smallest absolute Gasteiger partial charge is 0.162 e. The number of benzene rings is 1. The van der Waals surface area contributed by atoms with Crippen molar-refractivity contribution in [2.75, 3.05) is 0 Å². The summed E-state index contributed by atoms with van der Waals surface area (Å²) in [5.41, 5.74) is 3.39. The molecule has 0 spiro atoms. The van der Waals surface area contributed by atoms with Gasteiger partial charge in [-0.25, -0.2) is 14.6 Å². The average Bonchev–Trinajstić information content (AvgIpc) is 3.10. The number of aromatic nitrogens is 5. The van der Waals surface area contributed by atoms with Gasteiger partial charge in [0.2, 0.25) is 0 Å². The number of H-pyrrole nitrogens is 1. The molecule has 6 nitrogen and oxygen atoms in total. The number of pyridine rings is 1. The number of hydrogen-bond donors (Lipinski definition) is 2. The van der Waals surface area contributed by atoms with Crippen LogP contribution >= 0.6 is 0 Å². The molecule has 0 unspecified atom stereocenters. The third kappa shape index (κ3) is 1.88. The van der Waals surface area contributed by atoms with E-state index >= 15 is 0 Å². The molecule has 0 bridgehead atoms. The molecule has 104 valence electrons. The molecule has 6 heteroatoms. The number of aromatic amines is 1. The van der Waals surface area contributed by atoms with E-state index in [1.54, 1.807) is 24.0 Å². The van der Waals surface area contributed by atoms with Gasteiger partial charge in [-0.05, 0) is 37.3 Å². The Labute approximate surface area is 120 Å². The number of fused-ring (bicyclic) bond motifs is 2. The lowest BCUT2D eigenvalue weighted by atomic mass is 10.3. The second-order valence-electron chi connectivity index (χ2n) is 4.97. The van der Waals surface area contributed by atoms with Crippen molar-refractivity contribution in [2.24, 2.45) is 0 Å². The fourth-order valence-corrected chi connectivity index (χ4v) is 2.40. The van der Waals surface area contributed by atoms with Gasteiger partial charge in [0.25, 0.3) is 0 Å². The number of aliphatic hydroxyl groups is 1. The van der Waals surface area contributed by atoms with Crippen molar-refractivity contribution in [3.05, 3.63) is 48.5 Å². The van der Waals surface area contributed by atoms with Crippen LogP contribution in [0.4, 0.5) is 0 Å². The third-order valence-corrected chi connectivity index (χ3v) is 3.45. The molecule has 4 aromatic rings. The molecule has 1 aromatic carbocycles. The summed E-state index contributed by atoms with van der Waals surface area (Å²) in [5, 5.41) is 15.0. The zero-order valence-electron chi connectivity index (χ0n) is 11.4. The summed E-state index contributed by atoms with van der Waals surface area (Å²) < 4.78 is 1.79. The highest BCUT2D eigenvalue weighted by atomic mass is 16.3. The summed E-state index contributed by atoms with van der Waals surface area (Å²) >= 11 is 0. The Morgan fingerprint density at radius 3 is 3.05 bits per heavy atom. The van der Waals surface area contributed by atoms with Crippen molar-refractivity contribution in [1.29, 1.82) is 0 Å². The summed E-state index contributed by atoms with van der Waals surface area (Å²) in [6, 6.07) is 9.67. The van der Waals surface area contributed by atoms with Crippen LogP contribution in [-0.4, -0.2) is 29.8 Å². The molecule has 0 aliphatic heterocycles. The normalized spacial score (nSPS) is 13.0. The third-order valence-electron chi connectivity index (χ3n) is 3.45. The van der Waals surface area contributed by atoms with Crippen LogP contribution in [0.2, 0.25) is 0 Å². The van der Waals surface area contributed by atoms with Crippen molar-refractivity contribution in [3.63, 3.8) is 0 Å². The van der Waals surface area contributed by atoms with E-state index in [1.807, 2.05) is 30.3 Å². The highest BCUT2D eigenvalue weighted by molar-refractivity contribution is 5.80. The van der Waals surface area contributed by atoms with E-state index < -0.39 is 6.10 Å². The Morgan fingerprint density at radius 2 is 2.19 bits per heavy atom. The molecule has 0 amide bonds. The van der Waals surface area contributed by atoms with Gasteiger partial charge < -0.3 is 10.1 Å². The lowest BCUT2D eigenvalue weighted by Gasteiger charge is -2.02. The first kappa shape index (κ1) is 12.0. The first-order chi connectivity index (χ1) is 10.2. The summed E-state index contributed by atoms with van der Waals surface area (Å²) in [7, 11) is 0. The Morgan fingerprint density at radius 1 is 1.29 bits per heavy atom. The fourth-order valence-electron chi connectivity index (χ4n) is 2.40. The first-order valence-electron chi connectivity index (χ1n) is 6.69. The number of nitrogens with zero attached hydrogens (tertiary/aromatic N) is 4. The number of nitrogens with one attached hydrogen (secondary N) is 1. The molecule has 0 radical (unpaired) electrons. The molecular formula is C15H13N5O. The van der Waals surface area contributed by atoms with Crippen LogP contribution in [0, 0.1) is 0 Å². The van der Waals surface area contributed by atoms with Gasteiger partial charge in [-0.1, -0.05) is 0 Å². The van der Waals surface area contributed by atoms with Crippen LogP contribution in [0.15, 0.2) is 42.7 Å². The van der Waals surface area contributed by atoms with E-state index in [2.05, 4.69) is 20.1 Å². The van der Waals surface area contributed by atoms with Crippen molar-refractivity contribution < 1.29 is 5.11 Å². The van der Waals surface area contributed by atoms with Crippen molar-refractivity contribution in [3.8, 4) is 5.69 Å². The highest BCUT2D eigenvalue weighted by Gasteiger charge is 2.10. The Kier molecular flexibility index (Phi) is 2.52. The molecule has 3 heterocycles. The van der Waals surface area contributed by atoms with E-state index in [1.165, 1.54) is 0 Å². The summed E-state index contributed by atoms with van der Waals surface area (Å²) in [5.74, 6) is 0.561. The molecule has 0 aliphatic rings. The Bertz CT molecular complexity index is 937. The highest BCUT2D eigenvalue weighted by Crippen LogP contribution is 2.21. The summed E-state index contributed by atoms with van der Waals surface area (Å²) in [4.78, 5) is 11.8. The molecule has 3 aromatic heterocycles. The van der Waals surface area contributed by atoms with Gasteiger partial charge >= 0.3 is 0 Å². The molecule has 2 N–H and O–H groups in total. The minimum atomic E-state index is -0.618. The van der Waals surface area contributed by atoms with E-state index in [9.17, 15) is 5.11 Å². The van der Waals surface area contributed by atoms with Crippen LogP contribution < -0.4 is 0 Å². The standard InChI is InChI=1S/C15H13N5O/c1-9(21)14-18-12-5-4-11(7-13(12)19-14)20-15-10(8-17-20)3-2-6-16-15/h2-9,21H,1H3,(H,18,19)/t9-/m0/s1. The molecule has 4 rings (SSSR count). The van der Waals surface area contributed by atoms with Gasteiger partial charge in [0.05, 0.1) is 22.9 Å². The molecule has 0 aliphatic carbocycles. The maximum absolute atomic E-state index is 9.60. The van der Waals surface area contributed by atoms with Gasteiger partial charge in [0.1, 0.15) is 11.9 Å². The molecule has 1 atom stereocenters. The van der Waals surface area contributed by atoms with E-state index in [4.69, 9.17) is 0 Å². The van der Waals surface area contributed by atoms with Crippen LogP contribution in [0.3, 0.4) is 0 Å². The van der Waals surface area contributed by atoms with Crippen LogP contribution in [0.1, 0.15) is 18.9 Å². The van der Waals surface area contributed by atoms with Crippen molar-refractivity contribution >= 4 is 22.1 Å². The molecular weight excluding hydrogens is 266 g/mol.